The standard InChI is InChI=1S/C16H23ClN2OS/c1-12(17)16-18-14-11-13(20-2)7-8-15(14)19(16)9-5-4-6-10-21-3/h7-8,11-12H,4-6,9-10H2,1-3H3. The number of hydrogen-bond acceptors (Lipinski definition) is 3. The fourth-order valence-electron chi connectivity index (χ4n) is 2.49. The molecule has 0 saturated carbocycles. The Balaban J connectivity index is 2.20. The number of thioether (sulfide) groups is 1. The van der Waals surface area contributed by atoms with Crippen molar-refractivity contribution in [3.05, 3.63) is 24.0 Å². The number of unbranched alkanes of at least 4 members (excludes halogenated alkanes) is 2. The Morgan fingerprint density at radius 1 is 1.33 bits per heavy atom. The zero-order valence-corrected chi connectivity index (χ0v) is 14.5. The summed E-state index contributed by atoms with van der Waals surface area (Å²) in [6.07, 6.45) is 5.83. The van der Waals surface area contributed by atoms with Crippen molar-refractivity contribution >= 4 is 34.4 Å². The van der Waals surface area contributed by atoms with Gasteiger partial charge in [-0.05, 0) is 43.9 Å². The van der Waals surface area contributed by atoms with Gasteiger partial charge in [-0.2, -0.15) is 11.8 Å². The molecule has 0 fully saturated rings. The molecule has 1 aromatic carbocycles. The number of benzene rings is 1. The van der Waals surface area contributed by atoms with Gasteiger partial charge in [0, 0.05) is 12.6 Å². The molecule has 1 aromatic heterocycles. The molecule has 0 radical (unpaired) electrons. The highest BCUT2D eigenvalue weighted by molar-refractivity contribution is 7.98. The first-order valence-corrected chi connectivity index (χ1v) is 9.17. The SMILES string of the molecule is COc1ccc2c(c1)nc(C(C)Cl)n2CCCCCSC. The average molecular weight is 327 g/mol. The molecule has 116 valence electrons. The average Bonchev–Trinajstić information content (AvgIpc) is 2.85. The van der Waals surface area contributed by atoms with Gasteiger partial charge in [-0.1, -0.05) is 6.42 Å². The van der Waals surface area contributed by atoms with E-state index in [2.05, 4.69) is 21.9 Å². The number of aryl methyl sites for hydroxylation is 1. The van der Waals surface area contributed by atoms with E-state index in [4.69, 9.17) is 16.3 Å². The van der Waals surface area contributed by atoms with Crippen molar-refractivity contribution in [2.45, 2.75) is 38.1 Å². The number of hydrogen-bond donors (Lipinski definition) is 0. The van der Waals surface area contributed by atoms with E-state index in [1.807, 2.05) is 30.8 Å². The molecule has 1 unspecified atom stereocenters. The van der Waals surface area contributed by atoms with Crippen molar-refractivity contribution in [3.63, 3.8) is 0 Å². The number of fused-ring (bicyclic) bond motifs is 1. The Labute approximate surface area is 136 Å². The van der Waals surface area contributed by atoms with Crippen molar-refractivity contribution < 1.29 is 4.74 Å². The van der Waals surface area contributed by atoms with Gasteiger partial charge >= 0.3 is 0 Å². The monoisotopic (exact) mass is 326 g/mol. The molecule has 0 amide bonds. The van der Waals surface area contributed by atoms with Gasteiger partial charge in [-0.3, -0.25) is 0 Å². The maximum absolute atomic E-state index is 6.30. The molecule has 0 aliphatic heterocycles. The summed E-state index contributed by atoms with van der Waals surface area (Å²) in [5.41, 5.74) is 2.10. The van der Waals surface area contributed by atoms with E-state index >= 15 is 0 Å². The van der Waals surface area contributed by atoms with Crippen LogP contribution in [0.3, 0.4) is 0 Å². The highest BCUT2D eigenvalue weighted by atomic mass is 35.5. The second-order valence-corrected chi connectivity index (χ2v) is 6.79. The smallest absolute Gasteiger partial charge is 0.127 e. The lowest BCUT2D eigenvalue weighted by Crippen LogP contribution is -2.04. The molecule has 3 nitrogen and oxygen atoms in total. The van der Waals surface area contributed by atoms with Crippen LogP contribution in [-0.2, 0) is 6.54 Å². The normalized spacial score (nSPS) is 12.8. The molecule has 2 aromatic rings. The highest BCUT2D eigenvalue weighted by Gasteiger charge is 2.15. The summed E-state index contributed by atoms with van der Waals surface area (Å²) in [7, 11) is 1.68. The summed E-state index contributed by atoms with van der Waals surface area (Å²) in [5, 5.41) is -0.0883. The van der Waals surface area contributed by atoms with Gasteiger partial charge in [-0.25, -0.2) is 4.98 Å². The molecule has 0 N–H and O–H groups in total. The Hall–Kier alpha value is -0.870. The number of methoxy groups -OCH3 is 1. The minimum absolute atomic E-state index is 0.0883. The maximum atomic E-state index is 6.30. The molecule has 0 spiro atoms. The number of ether oxygens (including phenoxy) is 1. The summed E-state index contributed by atoms with van der Waals surface area (Å²) in [6, 6.07) is 6.03. The van der Waals surface area contributed by atoms with Crippen molar-refractivity contribution in [1.29, 1.82) is 0 Å². The summed E-state index contributed by atoms with van der Waals surface area (Å²) in [5.74, 6) is 3.02. The quantitative estimate of drug-likeness (QED) is 0.511. The molecule has 2 rings (SSSR count). The number of alkyl halides is 1. The molecule has 0 aliphatic rings. The van der Waals surface area contributed by atoms with Gasteiger partial charge in [-0.15, -0.1) is 11.6 Å². The van der Waals surface area contributed by atoms with Crippen LogP contribution >= 0.6 is 23.4 Å². The van der Waals surface area contributed by atoms with Crippen LogP contribution in [0.2, 0.25) is 0 Å². The third-order valence-corrected chi connectivity index (χ3v) is 4.46. The fraction of sp³-hybridized carbons (Fsp3) is 0.562. The lowest BCUT2D eigenvalue weighted by molar-refractivity contribution is 0.415. The summed E-state index contributed by atoms with van der Waals surface area (Å²) in [6.45, 7) is 2.95. The van der Waals surface area contributed by atoms with Gasteiger partial charge in [0.2, 0.25) is 0 Å². The maximum Gasteiger partial charge on any atom is 0.127 e. The minimum Gasteiger partial charge on any atom is -0.497 e. The largest absolute Gasteiger partial charge is 0.497 e. The van der Waals surface area contributed by atoms with E-state index in [0.717, 1.165) is 35.6 Å². The van der Waals surface area contributed by atoms with E-state index in [0.29, 0.717) is 0 Å². The number of rotatable bonds is 8. The zero-order valence-electron chi connectivity index (χ0n) is 12.9. The zero-order chi connectivity index (χ0) is 15.2. The molecule has 1 heterocycles. The number of halogens is 1. The van der Waals surface area contributed by atoms with Crippen molar-refractivity contribution in [2.24, 2.45) is 0 Å². The Bertz CT molecular complexity index is 583. The molecule has 21 heavy (non-hydrogen) atoms. The highest BCUT2D eigenvalue weighted by Crippen LogP contribution is 2.27. The molecular formula is C16H23ClN2OS. The van der Waals surface area contributed by atoms with Crippen molar-refractivity contribution in [3.8, 4) is 5.75 Å². The summed E-state index contributed by atoms with van der Waals surface area (Å²) in [4.78, 5) is 4.68. The van der Waals surface area contributed by atoms with Crippen LogP contribution in [0.4, 0.5) is 0 Å². The Morgan fingerprint density at radius 3 is 2.81 bits per heavy atom. The molecule has 0 saturated heterocycles. The third kappa shape index (κ3) is 4.07. The summed E-state index contributed by atoms with van der Waals surface area (Å²) < 4.78 is 7.53. The molecule has 0 bridgehead atoms. The predicted octanol–water partition coefficient (Wildman–Crippen LogP) is 4.88. The number of aromatic nitrogens is 2. The van der Waals surface area contributed by atoms with Crippen LogP contribution in [0.25, 0.3) is 11.0 Å². The second kappa shape index (κ2) is 7.95. The predicted molar refractivity (Wildman–Crippen MR) is 92.8 cm³/mol. The number of nitrogens with zero attached hydrogens (tertiary/aromatic N) is 2. The first-order chi connectivity index (χ1) is 10.2. The van der Waals surface area contributed by atoms with E-state index < -0.39 is 0 Å². The minimum atomic E-state index is -0.0883. The molecular weight excluding hydrogens is 304 g/mol. The Morgan fingerprint density at radius 2 is 2.14 bits per heavy atom. The lowest BCUT2D eigenvalue weighted by Gasteiger charge is -2.10. The van der Waals surface area contributed by atoms with Crippen LogP contribution in [0, 0.1) is 0 Å². The van der Waals surface area contributed by atoms with Gasteiger partial charge in [0.05, 0.1) is 23.5 Å². The molecule has 1 atom stereocenters. The van der Waals surface area contributed by atoms with Crippen LogP contribution in [0.15, 0.2) is 18.2 Å². The Kier molecular flexibility index (Phi) is 6.24. The van der Waals surface area contributed by atoms with Crippen LogP contribution in [0.1, 0.15) is 37.4 Å². The van der Waals surface area contributed by atoms with E-state index in [9.17, 15) is 0 Å². The fourth-order valence-corrected chi connectivity index (χ4v) is 3.15. The van der Waals surface area contributed by atoms with Crippen molar-refractivity contribution in [2.75, 3.05) is 19.1 Å². The number of imidazole rings is 1. The first kappa shape index (κ1) is 16.5. The second-order valence-electron chi connectivity index (χ2n) is 5.15. The van der Waals surface area contributed by atoms with Gasteiger partial charge in [0.25, 0.3) is 0 Å². The van der Waals surface area contributed by atoms with Crippen molar-refractivity contribution in [1.82, 2.24) is 9.55 Å². The van der Waals surface area contributed by atoms with Gasteiger partial charge in [0.1, 0.15) is 11.6 Å². The van der Waals surface area contributed by atoms with E-state index in [1.165, 1.54) is 18.6 Å². The van der Waals surface area contributed by atoms with Gasteiger partial charge < -0.3 is 9.30 Å². The molecule has 5 heteroatoms. The summed E-state index contributed by atoms with van der Waals surface area (Å²) >= 11 is 8.21. The van der Waals surface area contributed by atoms with E-state index in [-0.39, 0.29) is 5.38 Å². The van der Waals surface area contributed by atoms with Crippen LogP contribution in [0.5, 0.6) is 5.75 Å². The van der Waals surface area contributed by atoms with Crippen LogP contribution < -0.4 is 4.74 Å². The first-order valence-electron chi connectivity index (χ1n) is 7.34. The third-order valence-electron chi connectivity index (χ3n) is 3.57. The van der Waals surface area contributed by atoms with Gasteiger partial charge in [0.15, 0.2) is 0 Å². The van der Waals surface area contributed by atoms with Crippen LogP contribution in [-0.4, -0.2) is 28.7 Å². The topological polar surface area (TPSA) is 27.1 Å². The van der Waals surface area contributed by atoms with E-state index in [1.54, 1.807) is 7.11 Å². The lowest BCUT2D eigenvalue weighted by atomic mass is 10.2. The molecule has 0 aliphatic carbocycles.